The number of rotatable bonds is 4. The van der Waals surface area contributed by atoms with E-state index in [0.29, 0.717) is 17.4 Å². The van der Waals surface area contributed by atoms with Crippen LogP contribution in [0.3, 0.4) is 0 Å². The number of piperidine rings is 1. The standard InChI is InChI=1S/C19H22N6O2/c1-13-21-19(27-23-13)15-5-3-9-20-17(15)25-11-7-14(8-12-25)22-18(26)16-6-4-10-24(16)2/h3-6,9-10,14H,7-8,11-12H2,1-2H3,(H,22,26). The summed E-state index contributed by atoms with van der Waals surface area (Å²) in [6, 6.07) is 7.67. The number of hydrogen-bond acceptors (Lipinski definition) is 6. The Morgan fingerprint density at radius 1 is 1.26 bits per heavy atom. The van der Waals surface area contributed by atoms with Crippen molar-refractivity contribution < 1.29 is 9.32 Å². The molecule has 0 atom stereocenters. The molecule has 27 heavy (non-hydrogen) atoms. The van der Waals surface area contributed by atoms with Gasteiger partial charge in [0.15, 0.2) is 5.82 Å². The summed E-state index contributed by atoms with van der Waals surface area (Å²) in [7, 11) is 1.87. The van der Waals surface area contributed by atoms with Gasteiger partial charge in [-0.25, -0.2) is 4.98 Å². The molecule has 140 valence electrons. The first-order valence-corrected chi connectivity index (χ1v) is 9.04. The average molecular weight is 366 g/mol. The van der Waals surface area contributed by atoms with Gasteiger partial charge in [-0.1, -0.05) is 5.16 Å². The number of anilines is 1. The Bertz CT molecular complexity index is 939. The molecule has 1 aliphatic heterocycles. The molecule has 0 unspecified atom stereocenters. The van der Waals surface area contributed by atoms with Gasteiger partial charge in [-0.3, -0.25) is 4.79 Å². The van der Waals surface area contributed by atoms with Gasteiger partial charge in [-0.05, 0) is 44.0 Å². The molecule has 1 amide bonds. The molecule has 0 aliphatic carbocycles. The number of pyridine rings is 1. The van der Waals surface area contributed by atoms with E-state index in [9.17, 15) is 4.79 Å². The number of amides is 1. The second-order valence-electron chi connectivity index (χ2n) is 6.76. The number of nitrogens with zero attached hydrogens (tertiary/aromatic N) is 5. The van der Waals surface area contributed by atoms with E-state index in [-0.39, 0.29) is 11.9 Å². The summed E-state index contributed by atoms with van der Waals surface area (Å²) < 4.78 is 7.15. The van der Waals surface area contributed by atoms with E-state index >= 15 is 0 Å². The van der Waals surface area contributed by atoms with Crippen molar-refractivity contribution in [3.8, 4) is 11.5 Å². The SMILES string of the molecule is Cc1noc(-c2cccnc2N2CCC(NC(=O)c3cccn3C)CC2)n1. The van der Waals surface area contributed by atoms with Gasteiger partial charge in [0, 0.05) is 38.6 Å². The van der Waals surface area contributed by atoms with Crippen molar-refractivity contribution in [2.24, 2.45) is 7.05 Å². The predicted octanol–water partition coefficient (Wildman–Crippen LogP) is 2.18. The molecule has 3 aromatic rings. The molecule has 8 heteroatoms. The minimum absolute atomic E-state index is 0.0270. The lowest BCUT2D eigenvalue weighted by molar-refractivity contribution is 0.0923. The highest BCUT2D eigenvalue weighted by Crippen LogP contribution is 2.29. The van der Waals surface area contributed by atoms with Crippen LogP contribution in [0.5, 0.6) is 0 Å². The largest absolute Gasteiger partial charge is 0.356 e. The quantitative estimate of drug-likeness (QED) is 0.761. The van der Waals surface area contributed by atoms with Crippen molar-refractivity contribution >= 4 is 11.7 Å². The molecule has 1 saturated heterocycles. The van der Waals surface area contributed by atoms with Crippen LogP contribution >= 0.6 is 0 Å². The molecule has 1 aliphatic rings. The molecule has 0 saturated carbocycles. The minimum atomic E-state index is -0.0270. The lowest BCUT2D eigenvalue weighted by Crippen LogP contribution is -2.45. The molecular weight excluding hydrogens is 344 g/mol. The Hall–Kier alpha value is -3.16. The Labute approximate surface area is 157 Å². The molecule has 8 nitrogen and oxygen atoms in total. The van der Waals surface area contributed by atoms with E-state index in [1.807, 2.05) is 42.1 Å². The summed E-state index contributed by atoms with van der Waals surface area (Å²) in [4.78, 5) is 23.5. The molecular formula is C19H22N6O2. The normalized spacial score (nSPS) is 15.1. The molecule has 1 N–H and O–H groups in total. The third-order valence-electron chi connectivity index (χ3n) is 4.85. The zero-order valence-corrected chi connectivity index (χ0v) is 15.4. The van der Waals surface area contributed by atoms with E-state index in [4.69, 9.17) is 4.52 Å². The van der Waals surface area contributed by atoms with Gasteiger partial charge in [-0.2, -0.15) is 4.98 Å². The zero-order chi connectivity index (χ0) is 18.8. The number of nitrogens with one attached hydrogen (secondary N) is 1. The van der Waals surface area contributed by atoms with Crippen molar-refractivity contribution in [3.05, 3.63) is 48.2 Å². The van der Waals surface area contributed by atoms with Crippen LogP contribution in [0.4, 0.5) is 5.82 Å². The zero-order valence-electron chi connectivity index (χ0n) is 15.4. The first kappa shape index (κ1) is 17.3. The Morgan fingerprint density at radius 3 is 2.74 bits per heavy atom. The monoisotopic (exact) mass is 366 g/mol. The topological polar surface area (TPSA) is 89.1 Å². The highest BCUT2D eigenvalue weighted by atomic mass is 16.5. The summed E-state index contributed by atoms with van der Waals surface area (Å²) >= 11 is 0. The molecule has 4 heterocycles. The van der Waals surface area contributed by atoms with Crippen LogP contribution in [0, 0.1) is 6.92 Å². The molecule has 1 fully saturated rings. The molecule has 4 rings (SSSR count). The minimum Gasteiger partial charge on any atom is -0.356 e. The fourth-order valence-electron chi connectivity index (χ4n) is 3.41. The van der Waals surface area contributed by atoms with E-state index in [1.165, 1.54) is 0 Å². The number of hydrogen-bond donors (Lipinski definition) is 1. The van der Waals surface area contributed by atoms with Crippen LogP contribution in [0.15, 0.2) is 41.2 Å². The Kier molecular flexibility index (Phi) is 4.62. The number of aromatic nitrogens is 4. The Morgan fingerprint density at radius 2 is 2.07 bits per heavy atom. The highest BCUT2D eigenvalue weighted by Gasteiger charge is 2.25. The van der Waals surface area contributed by atoms with Crippen LogP contribution in [0.2, 0.25) is 0 Å². The highest BCUT2D eigenvalue weighted by molar-refractivity contribution is 5.92. The second-order valence-corrected chi connectivity index (χ2v) is 6.76. The van der Waals surface area contributed by atoms with Crippen molar-refractivity contribution in [3.63, 3.8) is 0 Å². The first-order valence-electron chi connectivity index (χ1n) is 9.04. The second kappa shape index (κ2) is 7.22. The summed E-state index contributed by atoms with van der Waals surface area (Å²) in [6.07, 6.45) is 5.36. The van der Waals surface area contributed by atoms with Gasteiger partial charge >= 0.3 is 0 Å². The van der Waals surface area contributed by atoms with Crippen LogP contribution < -0.4 is 10.2 Å². The average Bonchev–Trinajstić information content (AvgIpc) is 3.30. The molecule has 0 radical (unpaired) electrons. The molecule has 0 aromatic carbocycles. The third kappa shape index (κ3) is 3.55. The first-order chi connectivity index (χ1) is 13.1. The van der Waals surface area contributed by atoms with Crippen LogP contribution in [-0.2, 0) is 7.05 Å². The van der Waals surface area contributed by atoms with E-state index in [0.717, 1.165) is 37.3 Å². The third-order valence-corrected chi connectivity index (χ3v) is 4.85. The fourth-order valence-corrected chi connectivity index (χ4v) is 3.41. The smallest absolute Gasteiger partial charge is 0.268 e. The van der Waals surface area contributed by atoms with Crippen LogP contribution in [0.1, 0.15) is 29.2 Å². The van der Waals surface area contributed by atoms with Crippen LogP contribution in [-0.4, -0.2) is 44.7 Å². The number of aryl methyl sites for hydroxylation is 2. The summed E-state index contributed by atoms with van der Waals surface area (Å²) in [5.74, 6) is 1.89. The van der Waals surface area contributed by atoms with Crippen molar-refractivity contribution in [1.82, 2.24) is 25.0 Å². The van der Waals surface area contributed by atoms with Crippen molar-refractivity contribution in [2.75, 3.05) is 18.0 Å². The predicted molar refractivity (Wildman–Crippen MR) is 100 cm³/mol. The maximum atomic E-state index is 12.4. The summed E-state index contributed by atoms with van der Waals surface area (Å²) in [5, 5.41) is 7.01. The molecule has 3 aromatic heterocycles. The maximum absolute atomic E-state index is 12.4. The number of carbonyl (C=O) groups is 1. The van der Waals surface area contributed by atoms with Crippen molar-refractivity contribution in [2.45, 2.75) is 25.8 Å². The van der Waals surface area contributed by atoms with E-state index < -0.39 is 0 Å². The summed E-state index contributed by atoms with van der Waals surface area (Å²) in [5.41, 5.74) is 1.51. The van der Waals surface area contributed by atoms with Gasteiger partial charge in [-0.15, -0.1) is 0 Å². The van der Waals surface area contributed by atoms with Crippen molar-refractivity contribution in [1.29, 1.82) is 0 Å². The van der Waals surface area contributed by atoms with Gasteiger partial charge in [0.2, 0.25) is 0 Å². The maximum Gasteiger partial charge on any atom is 0.268 e. The van der Waals surface area contributed by atoms with Gasteiger partial charge in [0.05, 0.1) is 5.56 Å². The van der Waals surface area contributed by atoms with E-state index in [2.05, 4.69) is 25.3 Å². The molecule has 0 spiro atoms. The van der Waals surface area contributed by atoms with Crippen LogP contribution in [0.25, 0.3) is 11.5 Å². The van der Waals surface area contributed by atoms with Gasteiger partial charge < -0.3 is 19.3 Å². The lowest BCUT2D eigenvalue weighted by atomic mass is 10.0. The molecule has 0 bridgehead atoms. The van der Waals surface area contributed by atoms with Gasteiger partial charge in [0.25, 0.3) is 11.8 Å². The fraction of sp³-hybridized carbons (Fsp3) is 0.368. The number of carbonyl (C=O) groups excluding carboxylic acids is 1. The Balaban J connectivity index is 1.43. The van der Waals surface area contributed by atoms with E-state index in [1.54, 1.807) is 13.1 Å². The summed E-state index contributed by atoms with van der Waals surface area (Å²) in [6.45, 7) is 3.40. The van der Waals surface area contributed by atoms with Gasteiger partial charge in [0.1, 0.15) is 11.5 Å². The lowest BCUT2D eigenvalue weighted by Gasteiger charge is -2.33.